The maximum atomic E-state index is 12.4. The van der Waals surface area contributed by atoms with Crippen molar-refractivity contribution in [1.29, 1.82) is 0 Å². The van der Waals surface area contributed by atoms with Crippen LogP contribution in [0.5, 0.6) is 0 Å². The van der Waals surface area contributed by atoms with Gasteiger partial charge in [-0.25, -0.2) is 0 Å². The van der Waals surface area contributed by atoms with Crippen LogP contribution in [0.1, 0.15) is 33.0 Å². The molecule has 2 heterocycles. The van der Waals surface area contributed by atoms with Gasteiger partial charge in [0.15, 0.2) is 5.84 Å². The SMILES string of the molecule is Cc1cc(C(=O)N2CCCC2C(N)=NO)sc1C. The monoisotopic (exact) mass is 267 g/mol. The Morgan fingerprint density at radius 1 is 1.61 bits per heavy atom. The van der Waals surface area contributed by atoms with Crippen molar-refractivity contribution in [3.8, 4) is 0 Å². The van der Waals surface area contributed by atoms with Gasteiger partial charge in [-0.1, -0.05) is 5.16 Å². The number of aryl methyl sites for hydroxylation is 2. The van der Waals surface area contributed by atoms with Crippen LogP contribution in [0.3, 0.4) is 0 Å². The molecule has 98 valence electrons. The summed E-state index contributed by atoms with van der Waals surface area (Å²) in [4.78, 5) is 16.0. The lowest BCUT2D eigenvalue weighted by atomic mass is 10.2. The first-order valence-corrected chi connectivity index (χ1v) is 6.71. The molecular formula is C12H17N3O2S. The van der Waals surface area contributed by atoms with Gasteiger partial charge in [-0.3, -0.25) is 4.79 Å². The van der Waals surface area contributed by atoms with Crippen LogP contribution in [0.4, 0.5) is 0 Å². The van der Waals surface area contributed by atoms with E-state index in [2.05, 4.69) is 5.16 Å². The first kappa shape index (κ1) is 12.9. The summed E-state index contributed by atoms with van der Waals surface area (Å²) >= 11 is 1.50. The molecule has 5 nitrogen and oxygen atoms in total. The van der Waals surface area contributed by atoms with Crippen molar-refractivity contribution in [2.45, 2.75) is 32.7 Å². The fraction of sp³-hybridized carbons (Fsp3) is 0.500. The van der Waals surface area contributed by atoms with Crippen LogP contribution in [-0.2, 0) is 0 Å². The average molecular weight is 267 g/mol. The Labute approximate surface area is 110 Å². The zero-order valence-electron chi connectivity index (χ0n) is 10.5. The summed E-state index contributed by atoms with van der Waals surface area (Å²) < 4.78 is 0. The molecular weight excluding hydrogens is 250 g/mol. The van der Waals surface area contributed by atoms with Gasteiger partial charge in [0, 0.05) is 11.4 Å². The van der Waals surface area contributed by atoms with Crippen LogP contribution in [0.2, 0.25) is 0 Å². The van der Waals surface area contributed by atoms with Crippen LogP contribution in [0.15, 0.2) is 11.2 Å². The highest BCUT2D eigenvalue weighted by atomic mass is 32.1. The van der Waals surface area contributed by atoms with E-state index in [0.717, 1.165) is 28.2 Å². The molecule has 0 aromatic carbocycles. The molecule has 0 saturated carbocycles. The fourth-order valence-electron chi connectivity index (χ4n) is 2.20. The van der Waals surface area contributed by atoms with E-state index in [1.807, 2.05) is 19.9 Å². The lowest BCUT2D eigenvalue weighted by Crippen LogP contribution is -2.43. The quantitative estimate of drug-likeness (QED) is 0.370. The van der Waals surface area contributed by atoms with E-state index >= 15 is 0 Å². The van der Waals surface area contributed by atoms with E-state index in [1.165, 1.54) is 11.3 Å². The van der Waals surface area contributed by atoms with Crippen molar-refractivity contribution in [2.75, 3.05) is 6.54 Å². The number of amides is 1. The van der Waals surface area contributed by atoms with Crippen LogP contribution < -0.4 is 5.73 Å². The number of thiophene rings is 1. The number of carbonyl (C=O) groups excluding carboxylic acids is 1. The molecule has 1 unspecified atom stereocenters. The maximum absolute atomic E-state index is 12.4. The average Bonchev–Trinajstić information content (AvgIpc) is 2.95. The Balaban J connectivity index is 2.23. The van der Waals surface area contributed by atoms with Gasteiger partial charge in [-0.2, -0.15) is 0 Å². The third-order valence-corrected chi connectivity index (χ3v) is 4.49. The van der Waals surface area contributed by atoms with E-state index in [1.54, 1.807) is 4.90 Å². The van der Waals surface area contributed by atoms with Gasteiger partial charge in [0.25, 0.3) is 5.91 Å². The van der Waals surface area contributed by atoms with Gasteiger partial charge < -0.3 is 15.8 Å². The molecule has 0 radical (unpaired) electrons. The Hall–Kier alpha value is -1.56. The second-order valence-corrected chi connectivity index (χ2v) is 5.79. The van der Waals surface area contributed by atoms with Crippen LogP contribution in [0.25, 0.3) is 0 Å². The minimum absolute atomic E-state index is 0.0229. The predicted octanol–water partition coefficient (Wildman–Crippen LogP) is 1.72. The van der Waals surface area contributed by atoms with Crippen molar-refractivity contribution >= 4 is 23.1 Å². The first-order valence-electron chi connectivity index (χ1n) is 5.90. The minimum atomic E-state index is -0.273. The highest BCUT2D eigenvalue weighted by Crippen LogP contribution is 2.26. The van der Waals surface area contributed by atoms with Crippen molar-refractivity contribution in [3.05, 3.63) is 21.4 Å². The van der Waals surface area contributed by atoms with E-state index in [9.17, 15) is 4.79 Å². The lowest BCUT2D eigenvalue weighted by Gasteiger charge is -2.22. The van der Waals surface area contributed by atoms with E-state index in [-0.39, 0.29) is 17.8 Å². The fourth-order valence-corrected chi connectivity index (χ4v) is 3.19. The maximum Gasteiger partial charge on any atom is 0.264 e. The molecule has 1 amide bonds. The van der Waals surface area contributed by atoms with E-state index in [4.69, 9.17) is 10.9 Å². The molecule has 1 atom stereocenters. The number of hydrogen-bond donors (Lipinski definition) is 2. The number of likely N-dealkylation sites (tertiary alicyclic amines) is 1. The van der Waals surface area contributed by atoms with E-state index < -0.39 is 0 Å². The predicted molar refractivity (Wildman–Crippen MR) is 71.3 cm³/mol. The zero-order valence-corrected chi connectivity index (χ0v) is 11.3. The molecule has 3 N–H and O–H groups in total. The van der Waals surface area contributed by atoms with Crippen molar-refractivity contribution in [3.63, 3.8) is 0 Å². The number of nitrogens with zero attached hydrogens (tertiary/aromatic N) is 2. The van der Waals surface area contributed by atoms with Gasteiger partial charge in [-0.05, 0) is 38.3 Å². The molecule has 1 aliphatic heterocycles. The van der Waals surface area contributed by atoms with E-state index in [0.29, 0.717) is 6.54 Å². The molecule has 1 aliphatic rings. The van der Waals surface area contributed by atoms with Gasteiger partial charge in [0.05, 0.1) is 10.9 Å². The van der Waals surface area contributed by atoms with Gasteiger partial charge in [-0.15, -0.1) is 11.3 Å². The molecule has 1 saturated heterocycles. The summed E-state index contributed by atoms with van der Waals surface area (Å²) in [7, 11) is 0. The Bertz CT molecular complexity index is 476. The topological polar surface area (TPSA) is 78.9 Å². The summed E-state index contributed by atoms with van der Waals surface area (Å²) in [6.45, 7) is 4.66. The summed E-state index contributed by atoms with van der Waals surface area (Å²) in [6.07, 6.45) is 1.64. The Morgan fingerprint density at radius 2 is 2.33 bits per heavy atom. The third kappa shape index (κ3) is 2.20. The second kappa shape index (κ2) is 4.97. The molecule has 1 aromatic heterocycles. The molecule has 18 heavy (non-hydrogen) atoms. The highest BCUT2D eigenvalue weighted by molar-refractivity contribution is 7.14. The normalized spacial score (nSPS) is 20.4. The number of nitrogens with two attached hydrogens (primary N) is 1. The van der Waals surface area contributed by atoms with Crippen molar-refractivity contribution in [2.24, 2.45) is 10.9 Å². The molecule has 1 fully saturated rings. The van der Waals surface area contributed by atoms with Gasteiger partial charge in [0.1, 0.15) is 0 Å². The molecule has 0 spiro atoms. The Kier molecular flexibility index (Phi) is 3.56. The number of amidine groups is 1. The highest BCUT2D eigenvalue weighted by Gasteiger charge is 2.33. The number of carbonyl (C=O) groups is 1. The number of oxime groups is 1. The van der Waals surface area contributed by atoms with Crippen molar-refractivity contribution in [1.82, 2.24) is 4.90 Å². The van der Waals surface area contributed by atoms with Gasteiger partial charge in [0.2, 0.25) is 0 Å². The zero-order chi connectivity index (χ0) is 13.3. The summed E-state index contributed by atoms with van der Waals surface area (Å²) in [6, 6.07) is 1.63. The van der Waals surface area contributed by atoms with Crippen molar-refractivity contribution < 1.29 is 10.0 Å². The molecule has 1 aromatic rings. The first-order chi connectivity index (χ1) is 8.54. The summed E-state index contributed by atoms with van der Waals surface area (Å²) in [5.74, 6) is 0.0937. The number of hydrogen-bond acceptors (Lipinski definition) is 4. The standard InChI is InChI=1S/C12H17N3O2S/c1-7-6-10(18-8(7)2)12(16)15-5-3-4-9(15)11(13)14-17/h6,9,17H,3-5H2,1-2H3,(H2,13,14). The summed E-state index contributed by atoms with van der Waals surface area (Å²) in [5.41, 5.74) is 6.76. The number of rotatable bonds is 2. The Morgan fingerprint density at radius 3 is 2.89 bits per heavy atom. The van der Waals surface area contributed by atoms with Crippen LogP contribution >= 0.6 is 11.3 Å². The molecule has 0 aliphatic carbocycles. The lowest BCUT2D eigenvalue weighted by molar-refractivity contribution is 0.0772. The molecule has 2 rings (SSSR count). The van der Waals surface area contributed by atoms with Crippen LogP contribution in [0, 0.1) is 13.8 Å². The minimum Gasteiger partial charge on any atom is -0.409 e. The largest absolute Gasteiger partial charge is 0.409 e. The molecule has 0 bridgehead atoms. The van der Waals surface area contributed by atoms with Gasteiger partial charge >= 0.3 is 0 Å². The third-order valence-electron chi connectivity index (χ3n) is 3.35. The smallest absolute Gasteiger partial charge is 0.264 e. The molecule has 6 heteroatoms. The van der Waals surface area contributed by atoms with Crippen LogP contribution in [-0.4, -0.2) is 34.4 Å². The summed E-state index contributed by atoms with van der Waals surface area (Å²) in [5, 5.41) is 11.8. The second-order valence-electron chi connectivity index (χ2n) is 4.53.